The fraction of sp³-hybridized carbons (Fsp3) is 0.444. The molecule has 124 valence electrons. The highest BCUT2D eigenvalue weighted by Gasteiger charge is 2.18. The Morgan fingerprint density at radius 3 is 2.57 bits per heavy atom. The molecule has 0 aliphatic carbocycles. The molecule has 0 bridgehead atoms. The van der Waals surface area contributed by atoms with Crippen LogP contribution in [-0.4, -0.2) is 24.9 Å². The Bertz CT molecular complexity index is 617. The SMILES string of the molecule is CCC=C(C)C(=O)Nc1ccc(C(N)=O)c(N2CCCCC2)c1. The monoisotopic (exact) mass is 315 g/mol. The molecular formula is C18H25N3O2. The predicted octanol–water partition coefficient (Wildman–Crippen LogP) is 3.07. The van der Waals surface area contributed by atoms with E-state index in [2.05, 4.69) is 10.2 Å². The first-order chi connectivity index (χ1) is 11.0. The van der Waals surface area contributed by atoms with Gasteiger partial charge < -0.3 is 16.0 Å². The van der Waals surface area contributed by atoms with E-state index in [4.69, 9.17) is 5.73 Å². The number of carbonyl (C=O) groups excluding carboxylic acids is 2. The van der Waals surface area contributed by atoms with Crippen LogP contribution in [0.5, 0.6) is 0 Å². The van der Waals surface area contributed by atoms with Crippen LogP contribution in [-0.2, 0) is 4.79 Å². The van der Waals surface area contributed by atoms with Gasteiger partial charge in [-0.3, -0.25) is 9.59 Å². The van der Waals surface area contributed by atoms with E-state index >= 15 is 0 Å². The maximum Gasteiger partial charge on any atom is 0.250 e. The zero-order valence-electron chi connectivity index (χ0n) is 13.9. The van der Waals surface area contributed by atoms with Crippen LogP contribution in [0.1, 0.15) is 49.9 Å². The number of nitrogens with one attached hydrogen (secondary N) is 1. The first kappa shape index (κ1) is 17.1. The molecule has 5 heteroatoms. The Morgan fingerprint density at radius 1 is 1.26 bits per heavy atom. The Balaban J connectivity index is 2.27. The summed E-state index contributed by atoms with van der Waals surface area (Å²) in [4.78, 5) is 26.0. The molecule has 1 aliphatic heterocycles. The Kier molecular flexibility index (Phi) is 5.79. The van der Waals surface area contributed by atoms with Gasteiger partial charge in [0.1, 0.15) is 0 Å². The second kappa shape index (κ2) is 7.81. The van der Waals surface area contributed by atoms with Crippen molar-refractivity contribution < 1.29 is 9.59 Å². The van der Waals surface area contributed by atoms with Crippen LogP contribution in [0.2, 0.25) is 0 Å². The number of nitrogens with zero attached hydrogens (tertiary/aromatic N) is 1. The van der Waals surface area contributed by atoms with Crippen LogP contribution in [0.3, 0.4) is 0 Å². The van der Waals surface area contributed by atoms with Gasteiger partial charge in [-0.2, -0.15) is 0 Å². The molecule has 5 nitrogen and oxygen atoms in total. The molecule has 1 fully saturated rings. The van der Waals surface area contributed by atoms with E-state index in [-0.39, 0.29) is 5.91 Å². The maximum atomic E-state index is 12.1. The lowest BCUT2D eigenvalue weighted by Gasteiger charge is -2.30. The summed E-state index contributed by atoms with van der Waals surface area (Å²) in [6.45, 7) is 5.61. The number of anilines is 2. The molecule has 0 aromatic heterocycles. The van der Waals surface area contributed by atoms with E-state index in [9.17, 15) is 9.59 Å². The number of allylic oxidation sites excluding steroid dienone is 1. The zero-order chi connectivity index (χ0) is 16.8. The smallest absolute Gasteiger partial charge is 0.250 e. The van der Waals surface area contributed by atoms with Gasteiger partial charge in [0.25, 0.3) is 11.8 Å². The van der Waals surface area contributed by atoms with Crippen molar-refractivity contribution in [2.24, 2.45) is 5.73 Å². The molecule has 23 heavy (non-hydrogen) atoms. The van der Waals surface area contributed by atoms with E-state index in [0.29, 0.717) is 16.8 Å². The predicted molar refractivity (Wildman–Crippen MR) is 93.7 cm³/mol. The van der Waals surface area contributed by atoms with E-state index in [1.54, 1.807) is 19.1 Å². The molecule has 0 spiro atoms. The topological polar surface area (TPSA) is 75.4 Å². The van der Waals surface area contributed by atoms with Gasteiger partial charge in [-0.05, 0) is 50.8 Å². The van der Waals surface area contributed by atoms with Crippen molar-refractivity contribution in [2.45, 2.75) is 39.5 Å². The van der Waals surface area contributed by atoms with E-state index in [1.165, 1.54) is 6.42 Å². The number of amides is 2. The van der Waals surface area contributed by atoms with Gasteiger partial charge in [0.2, 0.25) is 0 Å². The second-order valence-corrected chi connectivity index (χ2v) is 5.89. The molecule has 0 unspecified atom stereocenters. The molecule has 2 rings (SSSR count). The quantitative estimate of drug-likeness (QED) is 0.820. The summed E-state index contributed by atoms with van der Waals surface area (Å²) in [6.07, 6.45) is 6.12. The highest BCUT2D eigenvalue weighted by atomic mass is 16.2. The summed E-state index contributed by atoms with van der Waals surface area (Å²) in [5, 5.41) is 2.89. The molecule has 1 aromatic carbocycles. The third-order valence-corrected chi connectivity index (χ3v) is 4.09. The van der Waals surface area contributed by atoms with Crippen molar-refractivity contribution in [3.05, 3.63) is 35.4 Å². The van der Waals surface area contributed by atoms with Crippen molar-refractivity contribution >= 4 is 23.2 Å². The lowest BCUT2D eigenvalue weighted by atomic mass is 10.1. The molecule has 0 radical (unpaired) electrons. The third kappa shape index (κ3) is 4.34. The van der Waals surface area contributed by atoms with Crippen LogP contribution < -0.4 is 16.0 Å². The number of hydrogen-bond donors (Lipinski definition) is 2. The molecule has 1 aliphatic rings. The van der Waals surface area contributed by atoms with Gasteiger partial charge >= 0.3 is 0 Å². The van der Waals surface area contributed by atoms with Gasteiger partial charge in [0.15, 0.2) is 0 Å². The molecule has 0 atom stereocenters. The first-order valence-corrected chi connectivity index (χ1v) is 8.20. The molecule has 1 heterocycles. The summed E-state index contributed by atoms with van der Waals surface area (Å²) < 4.78 is 0. The molecule has 1 saturated heterocycles. The number of rotatable bonds is 5. The van der Waals surface area contributed by atoms with E-state index < -0.39 is 5.91 Å². The van der Waals surface area contributed by atoms with Crippen molar-refractivity contribution in [1.82, 2.24) is 0 Å². The summed E-state index contributed by atoms with van der Waals surface area (Å²) in [5.41, 5.74) is 8.19. The standard InChI is InChI=1S/C18H25N3O2/c1-3-7-13(2)18(23)20-14-8-9-15(17(19)22)16(12-14)21-10-5-4-6-11-21/h7-9,12H,3-6,10-11H2,1-2H3,(H2,19,22)(H,20,23). The molecular weight excluding hydrogens is 290 g/mol. The Morgan fingerprint density at radius 2 is 1.96 bits per heavy atom. The van der Waals surface area contributed by atoms with Crippen LogP contribution in [0.25, 0.3) is 0 Å². The lowest BCUT2D eigenvalue weighted by molar-refractivity contribution is -0.112. The Labute approximate surface area is 137 Å². The summed E-state index contributed by atoms with van der Waals surface area (Å²) in [5.74, 6) is -0.561. The van der Waals surface area contributed by atoms with Crippen molar-refractivity contribution in [2.75, 3.05) is 23.3 Å². The molecule has 2 amide bonds. The zero-order valence-corrected chi connectivity index (χ0v) is 13.9. The van der Waals surface area contributed by atoms with Crippen LogP contribution in [0, 0.1) is 0 Å². The lowest BCUT2D eigenvalue weighted by Crippen LogP contribution is -2.31. The summed E-state index contributed by atoms with van der Waals surface area (Å²) in [7, 11) is 0. The Hall–Kier alpha value is -2.30. The number of benzene rings is 1. The van der Waals surface area contributed by atoms with Crippen LogP contribution in [0.15, 0.2) is 29.8 Å². The number of nitrogens with two attached hydrogens (primary N) is 1. The van der Waals surface area contributed by atoms with Gasteiger partial charge in [0.05, 0.1) is 11.3 Å². The summed E-state index contributed by atoms with van der Waals surface area (Å²) in [6, 6.07) is 5.27. The summed E-state index contributed by atoms with van der Waals surface area (Å²) >= 11 is 0. The average molecular weight is 315 g/mol. The average Bonchev–Trinajstić information content (AvgIpc) is 2.55. The highest BCUT2D eigenvalue weighted by molar-refractivity contribution is 6.05. The number of hydrogen-bond acceptors (Lipinski definition) is 3. The van der Waals surface area contributed by atoms with E-state index in [0.717, 1.165) is 38.0 Å². The number of primary amides is 1. The minimum absolute atomic E-state index is 0.122. The molecule has 3 N–H and O–H groups in total. The minimum Gasteiger partial charge on any atom is -0.371 e. The van der Waals surface area contributed by atoms with Gasteiger partial charge in [-0.15, -0.1) is 0 Å². The third-order valence-electron chi connectivity index (χ3n) is 4.09. The number of piperidine rings is 1. The van der Waals surface area contributed by atoms with Crippen LogP contribution >= 0.6 is 0 Å². The molecule has 1 aromatic rings. The highest BCUT2D eigenvalue weighted by Crippen LogP contribution is 2.27. The van der Waals surface area contributed by atoms with Crippen molar-refractivity contribution in [1.29, 1.82) is 0 Å². The van der Waals surface area contributed by atoms with Gasteiger partial charge in [0, 0.05) is 24.4 Å². The van der Waals surface area contributed by atoms with Crippen molar-refractivity contribution in [3.63, 3.8) is 0 Å². The second-order valence-electron chi connectivity index (χ2n) is 5.89. The van der Waals surface area contributed by atoms with Crippen LogP contribution in [0.4, 0.5) is 11.4 Å². The minimum atomic E-state index is -0.439. The van der Waals surface area contributed by atoms with E-state index in [1.807, 2.05) is 19.1 Å². The maximum absolute atomic E-state index is 12.1. The normalized spacial score (nSPS) is 15.4. The largest absolute Gasteiger partial charge is 0.371 e. The fourth-order valence-electron chi connectivity index (χ4n) is 2.84. The number of carbonyl (C=O) groups is 2. The van der Waals surface area contributed by atoms with Crippen molar-refractivity contribution in [3.8, 4) is 0 Å². The molecule has 0 saturated carbocycles. The first-order valence-electron chi connectivity index (χ1n) is 8.20. The van der Waals surface area contributed by atoms with Gasteiger partial charge in [-0.25, -0.2) is 0 Å². The fourth-order valence-corrected chi connectivity index (χ4v) is 2.84. The van der Waals surface area contributed by atoms with Gasteiger partial charge in [-0.1, -0.05) is 13.0 Å².